The quantitative estimate of drug-likeness (QED) is 0.540. The first-order chi connectivity index (χ1) is 9.97. The number of rotatable bonds is 1. The highest BCUT2D eigenvalue weighted by Gasteiger charge is 2.21. The molecular formula is C13H12FN5S2. The summed E-state index contributed by atoms with van der Waals surface area (Å²) in [6.45, 7) is 3.72. The third-order valence-electron chi connectivity index (χ3n) is 3.68. The fraction of sp³-hybridized carbons (Fsp3) is 0.308. The van der Waals surface area contributed by atoms with E-state index in [-0.39, 0.29) is 5.82 Å². The number of thiophene rings is 1. The standard InChI is InChI=1S/C13H12FN5S2/c1-5-7(14)8-11(20-5)16-10(19(8)4)13-17-9-12(21-13)15-6(2)18(9)3/h1-4H3. The second kappa shape index (κ2) is 4.11. The summed E-state index contributed by atoms with van der Waals surface area (Å²) >= 11 is 2.86. The van der Waals surface area contributed by atoms with Crippen LogP contribution in [0.1, 0.15) is 10.7 Å². The van der Waals surface area contributed by atoms with Crippen LogP contribution in [0.5, 0.6) is 0 Å². The van der Waals surface area contributed by atoms with Gasteiger partial charge in [-0.05, 0) is 13.8 Å². The molecule has 108 valence electrons. The van der Waals surface area contributed by atoms with Gasteiger partial charge >= 0.3 is 0 Å². The monoisotopic (exact) mass is 321 g/mol. The summed E-state index contributed by atoms with van der Waals surface area (Å²) < 4.78 is 17.9. The molecule has 0 aliphatic carbocycles. The highest BCUT2D eigenvalue weighted by atomic mass is 32.1. The van der Waals surface area contributed by atoms with Crippen LogP contribution in [-0.4, -0.2) is 24.1 Å². The Morgan fingerprint density at radius 3 is 2.38 bits per heavy atom. The van der Waals surface area contributed by atoms with E-state index in [9.17, 15) is 4.39 Å². The van der Waals surface area contributed by atoms with E-state index in [4.69, 9.17) is 0 Å². The van der Waals surface area contributed by atoms with Gasteiger partial charge in [0, 0.05) is 19.0 Å². The maximum atomic E-state index is 14.1. The smallest absolute Gasteiger partial charge is 0.172 e. The number of halogens is 1. The molecule has 4 heterocycles. The molecule has 0 aromatic carbocycles. The molecule has 4 aromatic heterocycles. The third kappa shape index (κ3) is 1.63. The Morgan fingerprint density at radius 2 is 1.71 bits per heavy atom. The van der Waals surface area contributed by atoms with Crippen molar-refractivity contribution in [1.82, 2.24) is 24.1 Å². The molecule has 0 unspecified atom stereocenters. The molecule has 0 saturated carbocycles. The van der Waals surface area contributed by atoms with E-state index < -0.39 is 0 Å². The van der Waals surface area contributed by atoms with Gasteiger partial charge in [0.15, 0.2) is 27.1 Å². The number of hydrogen-bond donors (Lipinski definition) is 0. The summed E-state index contributed by atoms with van der Waals surface area (Å²) in [5.41, 5.74) is 1.39. The number of thiazole rings is 1. The first-order valence-corrected chi connectivity index (χ1v) is 8.02. The van der Waals surface area contributed by atoms with Crippen LogP contribution in [0.2, 0.25) is 0 Å². The molecule has 4 aromatic rings. The fourth-order valence-electron chi connectivity index (χ4n) is 2.40. The molecule has 0 aliphatic rings. The highest BCUT2D eigenvalue weighted by molar-refractivity contribution is 7.21. The summed E-state index contributed by atoms with van der Waals surface area (Å²) in [4.78, 5) is 15.9. The van der Waals surface area contributed by atoms with Gasteiger partial charge in [0.05, 0.1) is 0 Å². The van der Waals surface area contributed by atoms with Crippen LogP contribution >= 0.6 is 22.7 Å². The van der Waals surface area contributed by atoms with Crippen LogP contribution < -0.4 is 0 Å². The van der Waals surface area contributed by atoms with Crippen molar-refractivity contribution < 1.29 is 4.39 Å². The van der Waals surface area contributed by atoms with Crippen molar-refractivity contribution in [3.63, 3.8) is 0 Å². The van der Waals surface area contributed by atoms with E-state index >= 15 is 0 Å². The number of aromatic nitrogens is 5. The molecule has 0 spiro atoms. The summed E-state index contributed by atoms with van der Waals surface area (Å²) in [7, 11) is 3.76. The molecule has 0 atom stereocenters. The minimum atomic E-state index is -0.189. The van der Waals surface area contributed by atoms with Crippen LogP contribution in [0.4, 0.5) is 4.39 Å². The van der Waals surface area contributed by atoms with Gasteiger partial charge in [-0.2, -0.15) is 0 Å². The Labute approximate surface area is 127 Å². The van der Waals surface area contributed by atoms with Crippen LogP contribution in [-0.2, 0) is 14.1 Å². The van der Waals surface area contributed by atoms with Crippen LogP contribution in [0.15, 0.2) is 0 Å². The van der Waals surface area contributed by atoms with E-state index in [0.29, 0.717) is 21.0 Å². The van der Waals surface area contributed by atoms with Gasteiger partial charge in [-0.3, -0.25) is 0 Å². The molecule has 0 saturated heterocycles. The van der Waals surface area contributed by atoms with Crippen molar-refractivity contribution in [3.05, 3.63) is 16.5 Å². The molecule has 0 N–H and O–H groups in total. The minimum absolute atomic E-state index is 0.189. The third-order valence-corrected chi connectivity index (χ3v) is 5.58. The maximum absolute atomic E-state index is 14.1. The average Bonchev–Trinajstić information content (AvgIpc) is 3.11. The minimum Gasteiger partial charge on any atom is -0.322 e. The Kier molecular flexibility index (Phi) is 2.52. The lowest BCUT2D eigenvalue weighted by Crippen LogP contribution is -1.95. The van der Waals surface area contributed by atoms with Crippen LogP contribution in [0, 0.1) is 19.7 Å². The molecule has 21 heavy (non-hydrogen) atoms. The number of nitrogens with zero attached hydrogens (tertiary/aromatic N) is 5. The summed E-state index contributed by atoms with van der Waals surface area (Å²) in [5.74, 6) is 1.43. The molecule has 0 bridgehead atoms. The van der Waals surface area contributed by atoms with E-state index in [1.807, 2.05) is 25.6 Å². The SMILES string of the molecule is Cc1sc2nc(-c3nc4c(nc(C)n4C)s3)n(C)c2c1F. The molecule has 0 radical (unpaired) electrons. The Morgan fingerprint density at radius 1 is 0.952 bits per heavy atom. The lowest BCUT2D eigenvalue weighted by atomic mass is 10.4. The van der Waals surface area contributed by atoms with Crippen molar-refractivity contribution in [1.29, 1.82) is 0 Å². The van der Waals surface area contributed by atoms with Crippen molar-refractivity contribution in [3.8, 4) is 10.8 Å². The lowest BCUT2D eigenvalue weighted by Gasteiger charge is -1.98. The molecule has 0 fully saturated rings. The Balaban J connectivity index is 1.97. The maximum Gasteiger partial charge on any atom is 0.172 e. The number of fused-ring (bicyclic) bond motifs is 2. The Hall–Kier alpha value is -1.80. The second-order valence-electron chi connectivity index (χ2n) is 4.99. The van der Waals surface area contributed by atoms with Gasteiger partial charge in [-0.1, -0.05) is 11.3 Å². The predicted octanol–water partition coefficient (Wildman–Crippen LogP) is 3.40. The zero-order valence-electron chi connectivity index (χ0n) is 11.9. The summed E-state index contributed by atoms with van der Waals surface area (Å²) in [5, 5.41) is 0.769. The molecule has 0 aliphatic heterocycles. The normalized spacial score (nSPS) is 12.0. The van der Waals surface area contributed by atoms with Crippen LogP contribution in [0.3, 0.4) is 0 Å². The zero-order valence-corrected chi connectivity index (χ0v) is 13.6. The van der Waals surface area contributed by atoms with Gasteiger partial charge in [-0.25, -0.2) is 19.3 Å². The van der Waals surface area contributed by atoms with Crippen molar-refractivity contribution in [2.24, 2.45) is 14.1 Å². The highest BCUT2D eigenvalue weighted by Crippen LogP contribution is 2.35. The molecule has 8 heteroatoms. The predicted molar refractivity (Wildman–Crippen MR) is 83.4 cm³/mol. The van der Waals surface area contributed by atoms with Gasteiger partial charge in [0.1, 0.15) is 16.2 Å². The van der Waals surface area contributed by atoms with E-state index in [2.05, 4.69) is 15.0 Å². The second-order valence-corrected chi connectivity index (χ2v) is 7.17. The molecule has 0 amide bonds. The van der Waals surface area contributed by atoms with Crippen molar-refractivity contribution in [2.45, 2.75) is 13.8 Å². The zero-order chi connectivity index (χ0) is 14.9. The van der Waals surface area contributed by atoms with Gasteiger partial charge in [0.2, 0.25) is 0 Å². The van der Waals surface area contributed by atoms with E-state index in [1.54, 1.807) is 11.5 Å². The van der Waals surface area contributed by atoms with E-state index in [0.717, 1.165) is 21.3 Å². The fourth-order valence-corrected chi connectivity index (χ4v) is 4.37. The van der Waals surface area contributed by atoms with E-state index in [1.165, 1.54) is 22.7 Å². The molecule has 5 nitrogen and oxygen atoms in total. The van der Waals surface area contributed by atoms with Gasteiger partial charge < -0.3 is 9.13 Å². The summed E-state index contributed by atoms with van der Waals surface area (Å²) in [6.07, 6.45) is 0. The first-order valence-electron chi connectivity index (χ1n) is 6.39. The average molecular weight is 321 g/mol. The molecule has 4 rings (SSSR count). The van der Waals surface area contributed by atoms with Gasteiger partial charge in [0.25, 0.3) is 0 Å². The molecular weight excluding hydrogens is 309 g/mol. The topological polar surface area (TPSA) is 48.5 Å². The van der Waals surface area contributed by atoms with Crippen molar-refractivity contribution in [2.75, 3.05) is 0 Å². The lowest BCUT2D eigenvalue weighted by molar-refractivity contribution is 0.629. The summed E-state index contributed by atoms with van der Waals surface area (Å²) in [6, 6.07) is 0. The number of imidazole rings is 2. The Bertz CT molecular complexity index is 1000. The largest absolute Gasteiger partial charge is 0.322 e. The first kappa shape index (κ1) is 12.9. The van der Waals surface area contributed by atoms with Crippen LogP contribution in [0.25, 0.3) is 31.7 Å². The number of aryl methyl sites for hydroxylation is 4. The van der Waals surface area contributed by atoms with Gasteiger partial charge in [-0.15, -0.1) is 11.3 Å². The van der Waals surface area contributed by atoms with Crippen molar-refractivity contribution >= 4 is 43.5 Å². The number of hydrogen-bond acceptors (Lipinski definition) is 5.